The Morgan fingerprint density at radius 3 is 1.70 bits per heavy atom. The fourth-order valence-corrected chi connectivity index (χ4v) is 9.14. The summed E-state index contributed by atoms with van der Waals surface area (Å²) in [7, 11) is 0. The van der Waals surface area contributed by atoms with E-state index in [0.717, 1.165) is 18.9 Å². The minimum atomic E-state index is -1.66. The van der Waals surface area contributed by atoms with E-state index in [0.29, 0.717) is 29.5 Å². The van der Waals surface area contributed by atoms with Gasteiger partial charge in [0.15, 0.2) is 5.78 Å². The van der Waals surface area contributed by atoms with Gasteiger partial charge >= 0.3 is 29.8 Å². The quantitative estimate of drug-likeness (QED) is 0.0441. The number of rotatable bonds is 19. The van der Waals surface area contributed by atoms with Crippen LogP contribution in [0, 0.1) is 0 Å². The molecule has 0 radical (unpaired) electrons. The number of carboxylic acids is 4. The lowest BCUT2D eigenvalue weighted by atomic mass is 9.64. The molecule has 4 unspecified atom stereocenters. The molecule has 4 N–H and O–H groups in total. The van der Waals surface area contributed by atoms with Gasteiger partial charge in [-0.05, 0) is 94.4 Å². The average molecular weight is 925 g/mol. The molecule has 6 aromatic carbocycles. The summed E-state index contributed by atoms with van der Waals surface area (Å²) in [4.78, 5) is 81.5. The highest BCUT2D eigenvalue weighted by Crippen LogP contribution is 2.51. The van der Waals surface area contributed by atoms with Gasteiger partial charge in [0.25, 0.3) is 0 Å². The van der Waals surface area contributed by atoms with Gasteiger partial charge in [-0.3, -0.25) is 9.59 Å². The highest BCUT2D eigenvalue weighted by molar-refractivity contribution is 6.31. The molecule has 7 rings (SSSR count). The number of halogens is 1. The first kappa shape index (κ1) is 47.4. The van der Waals surface area contributed by atoms with Crippen molar-refractivity contribution in [2.24, 2.45) is 0 Å². The first-order valence-electron chi connectivity index (χ1n) is 21.3. The lowest BCUT2D eigenvalue weighted by Gasteiger charge is -2.40. The molecule has 14 heteroatoms. The Labute approximate surface area is 390 Å². The van der Waals surface area contributed by atoms with Crippen LogP contribution in [-0.4, -0.2) is 81.5 Å². The van der Waals surface area contributed by atoms with Crippen LogP contribution in [0.5, 0.6) is 5.75 Å². The number of carbonyl (C=O) groups excluding carboxylic acids is 2. The molecule has 342 valence electrons. The highest BCUT2D eigenvalue weighted by Gasteiger charge is 2.46. The standard InChI is InChI=1S/C53H45ClO13/c1-30(55)66-45(28-32-10-2-3-11-37(32)50(57)58)46(38-12-4-7-15-41(38)51(59)60)47(39-13-5-8-16-42(39)52(61)62)48(40-14-6-9-17-43(40)53(63)64)49(56)33-20-23-44(54)34(27-33)26-31-18-21-35(22-19-31)67-36-24-25-65-29-36/h2-23,27,36,45-48H,24-26,28-29H2,1H3,(H,57,58)(H,59,60)(H,61,62)(H,63,64)/t36-,45?,46?,47?,48?/m1/s1. The Bertz CT molecular complexity index is 2830. The number of hydrogen-bond donors (Lipinski definition) is 4. The van der Waals surface area contributed by atoms with Crippen LogP contribution >= 0.6 is 11.6 Å². The lowest BCUT2D eigenvalue weighted by molar-refractivity contribution is -0.147. The molecule has 5 atom stereocenters. The maximum Gasteiger partial charge on any atom is 0.335 e. The predicted octanol–water partition coefficient (Wildman–Crippen LogP) is 9.60. The molecule has 0 bridgehead atoms. The summed E-state index contributed by atoms with van der Waals surface area (Å²) in [5.41, 5.74) is 0.393. The van der Waals surface area contributed by atoms with Gasteiger partial charge in [-0.15, -0.1) is 0 Å². The van der Waals surface area contributed by atoms with Gasteiger partial charge in [0.1, 0.15) is 18.0 Å². The zero-order valence-corrected chi connectivity index (χ0v) is 36.8. The van der Waals surface area contributed by atoms with Gasteiger partial charge < -0.3 is 34.6 Å². The van der Waals surface area contributed by atoms with E-state index in [1.165, 1.54) is 103 Å². The molecular formula is C53H45ClO13. The van der Waals surface area contributed by atoms with E-state index in [2.05, 4.69) is 0 Å². The molecule has 0 amide bonds. The van der Waals surface area contributed by atoms with Crippen molar-refractivity contribution in [3.05, 3.63) is 206 Å². The Balaban J connectivity index is 1.49. The smallest absolute Gasteiger partial charge is 0.335 e. The van der Waals surface area contributed by atoms with Crippen molar-refractivity contribution in [3.8, 4) is 5.75 Å². The van der Waals surface area contributed by atoms with Crippen LogP contribution in [-0.2, 0) is 27.1 Å². The fourth-order valence-electron chi connectivity index (χ4n) is 8.96. The van der Waals surface area contributed by atoms with Crippen LogP contribution in [0.4, 0.5) is 0 Å². The van der Waals surface area contributed by atoms with Crippen LogP contribution in [0.15, 0.2) is 140 Å². The van der Waals surface area contributed by atoms with Crippen LogP contribution in [0.1, 0.15) is 116 Å². The summed E-state index contributed by atoms with van der Waals surface area (Å²) in [6, 6.07) is 35.1. The third-order valence-corrected chi connectivity index (χ3v) is 12.2. The molecule has 1 fully saturated rings. The molecule has 1 saturated heterocycles. The van der Waals surface area contributed by atoms with E-state index in [1.54, 1.807) is 12.1 Å². The molecule has 13 nitrogen and oxygen atoms in total. The van der Waals surface area contributed by atoms with E-state index >= 15 is 4.79 Å². The van der Waals surface area contributed by atoms with Gasteiger partial charge in [0.05, 0.1) is 41.4 Å². The zero-order valence-electron chi connectivity index (χ0n) is 36.0. The number of ketones is 1. The number of carbonyl (C=O) groups is 6. The largest absolute Gasteiger partial charge is 0.488 e. The Kier molecular flexibility index (Phi) is 14.9. The fraction of sp³-hybridized carbons (Fsp3) is 0.208. The van der Waals surface area contributed by atoms with Gasteiger partial charge in [-0.2, -0.15) is 0 Å². The molecular weight excluding hydrogens is 880 g/mol. The summed E-state index contributed by atoms with van der Waals surface area (Å²) in [5, 5.41) is 42.9. The maximum absolute atomic E-state index is 15.9. The molecule has 0 spiro atoms. The molecule has 67 heavy (non-hydrogen) atoms. The third-order valence-electron chi connectivity index (χ3n) is 11.9. The molecule has 0 aliphatic carbocycles. The normalized spacial score (nSPS) is 15.1. The molecule has 1 heterocycles. The van der Waals surface area contributed by atoms with Crippen molar-refractivity contribution in [2.75, 3.05) is 13.2 Å². The average Bonchev–Trinajstić information content (AvgIpc) is 3.83. The highest BCUT2D eigenvalue weighted by atomic mass is 35.5. The minimum absolute atomic E-state index is 0.00506. The van der Waals surface area contributed by atoms with E-state index in [1.807, 2.05) is 24.3 Å². The van der Waals surface area contributed by atoms with Crippen LogP contribution in [0.25, 0.3) is 0 Å². The summed E-state index contributed by atoms with van der Waals surface area (Å²) < 4.78 is 17.6. The summed E-state index contributed by atoms with van der Waals surface area (Å²) in [6.07, 6.45) is -0.908. The second kappa shape index (κ2) is 21.1. The van der Waals surface area contributed by atoms with Gasteiger partial charge in [0, 0.05) is 42.2 Å². The number of hydrogen-bond acceptors (Lipinski definition) is 9. The zero-order chi connectivity index (χ0) is 47.8. The number of carboxylic acid groups (broad SMARTS) is 4. The molecule has 1 aliphatic heterocycles. The molecule has 0 aromatic heterocycles. The van der Waals surface area contributed by atoms with Gasteiger partial charge in [-0.1, -0.05) is 96.5 Å². The Morgan fingerprint density at radius 1 is 0.627 bits per heavy atom. The van der Waals surface area contributed by atoms with Crippen LogP contribution in [0.2, 0.25) is 5.02 Å². The van der Waals surface area contributed by atoms with Crippen LogP contribution in [0.3, 0.4) is 0 Å². The number of esters is 1. The van der Waals surface area contributed by atoms with Gasteiger partial charge in [0.2, 0.25) is 0 Å². The van der Waals surface area contributed by atoms with Gasteiger partial charge in [-0.25, -0.2) is 19.2 Å². The first-order valence-corrected chi connectivity index (χ1v) is 21.7. The number of ether oxygens (including phenoxy) is 3. The van der Waals surface area contributed by atoms with E-state index in [9.17, 15) is 44.4 Å². The van der Waals surface area contributed by atoms with E-state index in [-0.39, 0.29) is 69.0 Å². The number of aromatic carboxylic acids is 4. The second-order valence-electron chi connectivity index (χ2n) is 16.1. The third kappa shape index (κ3) is 10.9. The number of Topliss-reactive ketones (excluding diaryl/α,β-unsaturated/α-hetero) is 1. The summed E-state index contributed by atoms with van der Waals surface area (Å²) in [6.45, 7) is 2.23. The number of benzene rings is 6. The van der Waals surface area contributed by atoms with Crippen molar-refractivity contribution in [3.63, 3.8) is 0 Å². The van der Waals surface area contributed by atoms with Crippen molar-refractivity contribution >= 4 is 47.2 Å². The van der Waals surface area contributed by atoms with E-state index in [4.69, 9.17) is 25.8 Å². The van der Waals surface area contributed by atoms with Crippen LogP contribution < -0.4 is 4.74 Å². The van der Waals surface area contributed by atoms with Crippen molar-refractivity contribution in [1.29, 1.82) is 0 Å². The topological polar surface area (TPSA) is 211 Å². The Morgan fingerprint density at radius 2 is 1.15 bits per heavy atom. The molecule has 6 aromatic rings. The summed E-state index contributed by atoms with van der Waals surface area (Å²) in [5.74, 6) is -11.2. The predicted molar refractivity (Wildman–Crippen MR) is 246 cm³/mol. The molecule has 0 saturated carbocycles. The first-order chi connectivity index (χ1) is 32.2. The SMILES string of the molecule is CC(=O)OC(Cc1ccccc1C(=O)O)C(c1ccccc1C(=O)O)C(c1ccccc1C(=O)O)C(C(=O)c1ccc(Cl)c(Cc2ccc(O[C@@H]3CCOC3)cc2)c1)c1ccccc1C(=O)O. The van der Waals surface area contributed by atoms with Crippen molar-refractivity contribution in [2.45, 2.75) is 56.1 Å². The van der Waals surface area contributed by atoms with E-state index < -0.39 is 59.5 Å². The molecule has 1 aliphatic rings. The lowest BCUT2D eigenvalue weighted by Crippen LogP contribution is -2.38. The summed E-state index contributed by atoms with van der Waals surface area (Å²) >= 11 is 6.81. The maximum atomic E-state index is 15.9. The monoisotopic (exact) mass is 924 g/mol. The van der Waals surface area contributed by atoms with Crippen molar-refractivity contribution < 1.29 is 63.4 Å². The van der Waals surface area contributed by atoms with Crippen molar-refractivity contribution in [1.82, 2.24) is 0 Å². The second-order valence-corrected chi connectivity index (χ2v) is 16.5. The minimum Gasteiger partial charge on any atom is -0.488 e. The Hall–Kier alpha value is -7.61.